The summed E-state index contributed by atoms with van der Waals surface area (Å²) in [5.74, 6) is -1.31. The van der Waals surface area contributed by atoms with Crippen LogP contribution in [-0.4, -0.2) is 49.5 Å². The minimum atomic E-state index is -0.845. The van der Waals surface area contributed by atoms with E-state index in [0.717, 1.165) is 0 Å². The Balaban J connectivity index is 4.79. The van der Waals surface area contributed by atoms with Gasteiger partial charge in [-0.25, -0.2) is 4.79 Å². The first-order valence-corrected chi connectivity index (χ1v) is 6.42. The average Bonchev–Trinajstić information content (AvgIpc) is 2.38. The summed E-state index contributed by atoms with van der Waals surface area (Å²) in [5.41, 5.74) is 5.38. The minimum absolute atomic E-state index is 0.000549. The second-order valence-electron chi connectivity index (χ2n) is 4.81. The predicted molar refractivity (Wildman–Crippen MR) is 76.7 cm³/mol. The van der Waals surface area contributed by atoms with E-state index in [0.29, 0.717) is 0 Å². The number of ether oxygens (including phenoxy) is 1. The largest absolute Gasteiger partial charge is 0.453 e. The molecule has 21 heavy (non-hydrogen) atoms. The normalized spacial score (nSPS) is 13.0. The summed E-state index contributed by atoms with van der Waals surface area (Å²) >= 11 is 0. The Morgan fingerprint density at radius 2 is 1.81 bits per heavy atom. The molecule has 6 N–H and O–H groups in total. The topological polar surface area (TPSA) is 146 Å². The van der Waals surface area contributed by atoms with Crippen molar-refractivity contribution < 1.29 is 19.1 Å². The third-order valence-corrected chi connectivity index (χ3v) is 2.65. The molecular weight excluding hydrogens is 278 g/mol. The predicted octanol–water partition coefficient (Wildman–Crippen LogP) is -1.08. The smallest absolute Gasteiger partial charge is 0.407 e. The molecule has 9 heteroatoms. The van der Waals surface area contributed by atoms with Crippen LogP contribution in [0.2, 0.25) is 0 Å². The van der Waals surface area contributed by atoms with Gasteiger partial charge in [0.15, 0.2) is 0 Å². The van der Waals surface area contributed by atoms with Crippen molar-refractivity contribution in [1.82, 2.24) is 16.0 Å². The number of methoxy groups -OCH3 is 1. The summed E-state index contributed by atoms with van der Waals surface area (Å²) in [4.78, 5) is 34.3. The van der Waals surface area contributed by atoms with Crippen molar-refractivity contribution in [3.05, 3.63) is 0 Å². The molecule has 0 spiro atoms. The Morgan fingerprint density at radius 1 is 1.24 bits per heavy atom. The Bertz CT molecular complexity index is 410. The highest BCUT2D eigenvalue weighted by atomic mass is 16.5. The third kappa shape index (κ3) is 7.14. The van der Waals surface area contributed by atoms with Gasteiger partial charge in [-0.15, -0.1) is 0 Å². The number of hydrogen-bond donors (Lipinski definition) is 5. The Morgan fingerprint density at radius 3 is 2.19 bits per heavy atom. The van der Waals surface area contributed by atoms with Crippen molar-refractivity contribution >= 4 is 23.7 Å². The molecule has 120 valence electrons. The molecule has 1 unspecified atom stereocenters. The molecule has 0 radical (unpaired) electrons. The number of carbonyl (C=O) groups is 3. The maximum Gasteiger partial charge on any atom is 0.407 e. The maximum absolute atomic E-state index is 12.1. The van der Waals surface area contributed by atoms with Crippen LogP contribution in [0.4, 0.5) is 4.79 Å². The molecule has 0 aromatic heterocycles. The van der Waals surface area contributed by atoms with Gasteiger partial charge in [0.25, 0.3) is 0 Å². The zero-order valence-electron chi connectivity index (χ0n) is 12.6. The van der Waals surface area contributed by atoms with Crippen molar-refractivity contribution in [1.29, 1.82) is 5.41 Å². The second-order valence-corrected chi connectivity index (χ2v) is 4.81. The molecule has 9 nitrogen and oxygen atoms in total. The zero-order chi connectivity index (χ0) is 16.6. The lowest BCUT2D eigenvalue weighted by molar-refractivity contribution is -0.125. The number of carbonyl (C=O) groups excluding carboxylic acids is 3. The lowest BCUT2D eigenvalue weighted by Crippen LogP contribution is -2.57. The molecule has 3 amide bonds. The van der Waals surface area contributed by atoms with Crippen molar-refractivity contribution in [2.75, 3.05) is 13.7 Å². The lowest BCUT2D eigenvalue weighted by atomic mass is 10.0. The molecule has 0 aromatic carbocycles. The number of nitrogens with one attached hydrogen (secondary N) is 4. The molecule has 0 saturated heterocycles. The summed E-state index contributed by atoms with van der Waals surface area (Å²) in [6.45, 7) is 4.81. The summed E-state index contributed by atoms with van der Waals surface area (Å²) in [5, 5.41) is 14.8. The number of amides is 3. The first kappa shape index (κ1) is 18.7. The highest BCUT2D eigenvalue weighted by Crippen LogP contribution is 2.03. The Hall–Kier alpha value is -2.32. The number of rotatable bonds is 7. The van der Waals surface area contributed by atoms with E-state index in [2.05, 4.69) is 20.7 Å². The first-order valence-electron chi connectivity index (χ1n) is 6.42. The van der Waals surface area contributed by atoms with Gasteiger partial charge in [-0.3, -0.25) is 15.0 Å². The molecule has 0 saturated carbocycles. The molecular formula is C12H23N5O4. The maximum atomic E-state index is 12.1. The van der Waals surface area contributed by atoms with Gasteiger partial charge in [0.05, 0.1) is 7.11 Å². The molecule has 0 aliphatic rings. The van der Waals surface area contributed by atoms with Crippen LogP contribution in [0.25, 0.3) is 0 Å². The van der Waals surface area contributed by atoms with Crippen LogP contribution in [0.1, 0.15) is 20.8 Å². The molecule has 2 atom stereocenters. The van der Waals surface area contributed by atoms with Crippen LogP contribution in [0.3, 0.4) is 0 Å². The third-order valence-electron chi connectivity index (χ3n) is 2.65. The Kier molecular flexibility index (Phi) is 7.80. The summed E-state index contributed by atoms with van der Waals surface area (Å²) in [6.07, 6.45) is -0.731. The van der Waals surface area contributed by atoms with Gasteiger partial charge in [0.1, 0.15) is 17.9 Å². The molecule has 0 aliphatic heterocycles. The summed E-state index contributed by atoms with van der Waals surface area (Å²) in [7, 11) is 1.19. The zero-order valence-corrected chi connectivity index (χ0v) is 12.6. The van der Waals surface area contributed by atoms with Gasteiger partial charge >= 0.3 is 6.09 Å². The number of nitrogens with two attached hydrogens (primary N) is 1. The van der Waals surface area contributed by atoms with E-state index >= 15 is 0 Å². The van der Waals surface area contributed by atoms with E-state index in [1.165, 1.54) is 14.0 Å². The van der Waals surface area contributed by atoms with Crippen LogP contribution in [0.15, 0.2) is 0 Å². The van der Waals surface area contributed by atoms with E-state index < -0.39 is 24.1 Å². The van der Waals surface area contributed by atoms with Crippen molar-refractivity contribution in [2.24, 2.45) is 11.7 Å². The Labute approximate surface area is 123 Å². The van der Waals surface area contributed by atoms with E-state index in [4.69, 9.17) is 11.1 Å². The van der Waals surface area contributed by atoms with Crippen LogP contribution < -0.4 is 21.7 Å². The molecule has 0 heterocycles. The van der Waals surface area contributed by atoms with E-state index in [1.807, 2.05) is 0 Å². The van der Waals surface area contributed by atoms with Gasteiger partial charge in [-0.1, -0.05) is 13.8 Å². The summed E-state index contributed by atoms with van der Waals surface area (Å²) < 4.78 is 4.46. The minimum Gasteiger partial charge on any atom is -0.453 e. The monoisotopic (exact) mass is 301 g/mol. The van der Waals surface area contributed by atoms with E-state index in [-0.39, 0.29) is 24.2 Å². The van der Waals surface area contributed by atoms with Crippen molar-refractivity contribution in [3.8, 4) is 0 Å². The second kappa shape index (κ2) is 8.77. The first-order chi connectivity index (χ1) is 9.68. The number of hydrogen-bond acceptors (Lipinski definition) is 5. The average molecular weight is 301 g/mol. The van der Waals surface area contributed by atoms with Crippen molar-refractivity contribution in [3.63, 3.8) is 0 Å². The van der Waals surface area contributed by atoms with Crippen LogP contribution in [-0.2, 0) is 14.3 Å². The fraction of sp³-hybridized carbons (Fsp3) is 0.667. The van der Waals surface area contributed by atoms with Gasteiger partial charge in [0.2, 0.25) is 11.8 Å². The van der Waals surface area contributed by atoms with Crippen LogP contribution >= 0.6 is 0 Å². The fourth-order valence-corrected chi connectivity index (χ4v) is 1.47. The highest BCUT2D eigenvalue weighted by molar-refractivity contribution is 5.92. The standard InChI is InChI=1S/C12H23N5O4/c1-6(2)9(17-12(20)21-4)11(19)16-8(10(13)14)5-15-7(3)18/h6,8-9H,5H2,1-4H3,(H3,13,14)(H,15,18)(H,16,19)(H,17,20)/t8-,9?/m0/s1. The van der Waals surface area contributed by atoms with E-state index in [9.17, 15) is 14.4 Å². The van der Waals surface area contributed by atoms with E-state index in [1.54, 1.807) is 13.8 Å². The summed E-state index contributed by atoms with van der Waals surface area (Å²) in [6, 6.07) is -1.68. The number of amidine groups is 1. The molecule has 0 fully saturated rings. The molecule has 0 rings (SSSR count). The lowest BCUT2D eigenvalue weighted by Gasteiger charge is -2.24. The van der Waals surface area contributed by atoms with Crippen LogP contribution in [0, 0.1) is 11.3 Å². The van der Waals surface area contributed by atoms with Gasteiger partial charge in [0, 0.05) is 13.5 Å². The highest BCUT2D eigenvalue weighted by Gasteiger charge is 2.27. The molecule has 0 aromatic rings. The SMILES string of the molecule is COC(=O)NC(C(=O)N[C@@H](CNC(C)=O)C(=N)N)C(C)C. The molecule has 0 aliphatic carbocycles. The van der Waals surface area contributed by atoms with Gasteiger partial charge in [-0.2, -0.15) is 0 Å². The number of alkyl carbamates (subject to hydrolysis) is 1. The van der Waals surface area contributed by atoms with Gasteiger partial charge in [-0.05, 0) is 5.92 Å². The fourth-order valence-electron chi connectivity index (χ4n) is 1.47. The van der Waals surface area contributed by atoms with Crippen LogP contribution in [0.5, 0.6) is 0 Å². The van der Waals surface area contributed by atoms with Gasteiger partial charge < -0.3 is 26.4 Å². The van der Waals surface area contributed by atoms with Crippen molar-refractivity contribution in [2.45, 2.75) is 32.9 Å². The molecule has 0 bridgehead atoms. The quantitative estimate of drug-likeness (QED) is 0.300.